The minimum absolute atomic E-state index is 0.0468. The average Bonchev–Trinajstić information content (AvgIpc) is 2.89. The van der Waals surface area contributed by atoms with E-state index in [4.69, 9.17) is 4.42 Å². The third-order valence-corrected chi connectivity index (χ3v) is 7.66. The number of benzene rings is 4. The van der Waals surface area contributed by atoms with E-state index >= 15 is 0 Å². The lowest BCUT2D eigenvalue weighted by atomic mass is 9.72. The van der Waals surface area contributed by atoms with Gasteiger partial charge in [0.05, 0.1) is 10.9 Å². The van der Waals surface area contributed by atoms with Gasteiger partial charge in [-0.2, -0.15) is 0 Å². The summed E-state index contributed by atoms with van der Waals surface area (Å²) in [6.45, 7) is 0. The summed E-state index contributed by atoms with van der Waals surface area (Å²) in [6.07, 6.45) is 1.42. The number of aromatic hydroxyl groups is 1. The fraction of sp³-hybridized carbons (Fsp3) is 0.129. The van der Waals surface area contributed by atoms with Gasteiger partial charge in [-0.3, -0.25) is 0 Å². The van der Waals surface area contributed by atoms with Crippen molar-refractivity contribution in [3.63, 3.8) is 0 Å². The number of hydrogen-bond donors (Lipinski definition) is 1. The maximum atomic E-state index is 13.0. The van der Waals surface area contributed by atoms with E-state index in [1.54, 1.807) is 18.2 Å². The van der Waals surface area contributed by atoms with Gasteiger partial charge in [-0.15, -0.1) is 0 Å². The molecule has 4 heteroatoms. The molecule has 1 aliphatic carbocycles. The molecule has 4 aromatic carbocycles. The first-order valence-corrected chi connectivity index (χ1v) is 12.6. The van der Waals surface area contributed by atoms with Gasteiger partial charge in [-0.1, -0.05) is 88.7 Å². The van der Waals surface area contributed by atoms with Crippen LogP contribution in [0.4, 0.5) is 0 Å². The molecule has 2 atom stereocenters. The Morgan fingerprint density at radius 1 is 0.800 bits per heavy atom. The smallest absolute Gasteiger partial charge is 0.343 e. The van der Waals surface area contributed by atoms with Crippen LogP contribution < -0.4 is 5.63 Å². The topological polar surface area (TPSA) is 50.4 Å². The van der Waals surface area contributed by atoms with E-state index in [9.17, 15) is 9.90 Å². The van der Waals surface area contributed by atoms with Crippen LogP contribution in [0.1, 0.15) is 40.5 Å². The fourth-order valence-electron chi connectivity index (χ4n) is 5.41. The third kappa shape index (κ3) is 3.98. The van der Waals surface area contributed by atoms with E-state index in [0.717, 1.165) is 16.5 Å². The lowest BCUT2D eigenvalue weighted by molar-refractivity contribution is 0.429. The first-order chi connectivity index (χ1) is 17.1. The van der Waals surface area contributed by atoms with Gasteiger partial charge in [-0.05, 0) is 70.8 Å². The number of para-hydroxylation sites is 1. The summed E-state index contributed by atoms with van der Waals surface area (Å²) in [5.74, 6) is 0.0293. The average molecular weight is 523 g/mol. The van der Waals surface area contributed by atoms with E-state index < -0.39 is 5.63 Å². The molecule has 0 aliphatic heterocycles. The molecular formula is C31H23BrO3. The van der Waals surface area contributed by atoms with Crippen molar-refractivity contribution in [1.82, 2.24) is 0 Å². The highest BCUT2D eigenvalue weighted by Crippen LogP contribution is 2.45. The maximum Gasteiger partial charge on any atom is 0.343 e. The van der Waals surface area contributed by atoms with Gasteiger partial charge in [0.25, 0.3) is 0 Å². The van der Waals surface area contributed by atoms with Crippen molar-refractivity contribution in [3.8, 4) is 16.9 Å². The van der Waals surface area contributed by atoms with E-state index in [-0.39, 0.29) is 17.6 Å². The van der Waals surface area contributed by atoms with Crippen molar-refractivity contribution in [2.24, 2.45) is 0 Å². The fourth-order valence-corrected chi connectivity index (χ4v) is 5.68. The van der Waals surface area contributed by atoms with Gasteiger partial charge in [0, 0.05) is 10.4 Å². The van der Waals surface area contributed by atoms with Crippen LogP contribution in [0.2, 0.25) is 0 Å². The first kappa shape index (κ1) is 21.9. The van der Waals surface area contributed by atoms with Crippen LogP contribution in [-0.4, -0.2) is 5.11 Å². The van der Waals surface area contributed by atoms with Gasteiger partial charge in [-0.25, -0.2) is 4.79 Å². The summed E-state index contributed by atoms with van der Waals surface area (Å²) in [5, 5.41) is 11.7. The summed E-state index contributed by atoms with van der Waals surface area (Å²) >= 11 is 3.50. The molecule has 0 fully saturated rings. The molecule has 0 radical (unpaired) electrons. The highest BCUT2D eigenvalue weighted by molar-refractivity contribution is 9.10. The maximum absolute atomic E-state index is 13.0. The Labute approximate surface area is 211 Å². The molecule has 3 nitrogen and oxygen atoms in total. The van der Waals surface area contributed by atoms with Crippen LogP contribution in [0.5, 0.6) is 5.75 Å². The first-order valence-electron chi connectivity index (χ1n) is 11.8. The number of hydrogen-bond acceptors (Lipinski definition) is 3. The molecule has 0 saturated carbocycles. The Morgan fingerprint density at radius 3 is 2.23 bits per heavy atom. The van der Waals surface area contributed by atoms with Crippen LogP contribution in [0.25, 0.3) is 22.1 Å². The Balaban J connectivity index is 1.41. The van der Waals surface area contributed by atoms with Crippen molar-refractivity contribution in [1.29, 1.82) is 0 Å². The zero-order valence-corrected chi connectivity index (χ0v) is 20.5. The molecule has 35 heavy (non-hydrogen) atoms. The van der Waals surface area contributed by atoms with E-state index in [1.807, 2.05) is 24.3 Å². The van der Waals surface area contributed by atoms with Crippen molar-refractivity contribution in [2.45, 2.75) is 24.7 Å². The number of fused-ring (bicyclic) bond motifs is 2. The SMILES string of the molecule is O=c1oc2ccccc2c(O)c1[C@H]1Cc2ccccc2[C@H](c2ccc(-c3ccc(Br)cc3)cc2)C1. The van der Waals surface area contributed by atoms with Gasteiger partial charge in [0.15, 0.2) is 0 Å². The molecule has 0 saturated heterocycles. The monoisotopic (exact) mass is 522 g/mol. The van der Waals surface area contributed by atoms with Crippen LogP contribution in [-0.2, 0) is 6.42 Å². The second kappa shape index (κ2) is 8.86. The number of rotatable bonds is 3. The number of halogens is 1. The lowest BCUT2D eigenvalue weighted by Crippen LogP contribution is -2.23. The standard InChI is InChI=1S/C31H23BrO3/c32-24-15-13-20(14-16-24)19-9-11-21(12-10-19)27-18-23(17-22-5-1-2-6-25(22)27)29-30(33)26-7-3-4-8-28(26)35-31(29)34/h1-16,23,27,33H,17-18H2/t23-,27-/m0/s1. The van der Waals surface area contributed by atoms with Crippen molar-refractivity contribution < 1.29 is 9.52 Å². The Bertz CT molecular complexity index is 1580. The van der Waals surface area contributed by atoms with Gasteiger partial charge in [0.2, 0.25) is 0 Å². The summed E-state index contributed by atoms with van der Waals surface area (Å²) in [5.41, 5.74) is 6.37. The van der Waals surface area contributed by atoms with Crippen LogP contribution in [0.3, 0.4) is 0 Å². The summed E-state index contributed by atoms with van der Waals surface area (Å²) in [7, 11) is 0. The quantitative estimate of drug-likeness (QED) is 0.246. The third-order valence-electron chi connectivity index (χ3n) is 7.14. The van der Waals surface area contributed by atoms with Crippen LogP contribution in [0, 0.1) is 0 Å². The van der Waals surface area contributed by atoms with Crippen molar-refractivity contribution in [2.75, 3.05) is 0 Å². The second-order valence-electron chi connectivity index (χ2n) is 9.17. The van der Waals surface area contributed by atoms with Crippen molar-refractivity contribution in [3.05, 3.63) is 134 Å². The highest BCUT2D eigenvalue weighted by Gasteiger charge is 2.33. The predicted octanol–water partition coefficient (Wildman–Crippen LogP) is 7.79. The van der Waals surface area contributed by atoms with Gasteiger partial charge >= 0.3 is 5.63 Å². The van der Waals surface area contributed by atoms with Crippen LogP contribution >= 0.6 is 15.9 Å². The summed E-state index contributed by atoms with van der Waals surface area (Å²) in [4.78, 5) is 13.0. The molecule has 0 unspecified atom stereocenters. The summed E-state index contributed by atoms with van der Waals surface area (Å²) in [6, 6.07) is 32.6. The minimum atomic E-state index is -0.449. The zero-order chi connectivity index (χ0) is 23.9. The molecule has 1 heterocycles. The minimum Gasteiger partial charge on any atom is -0.507 e. The largest absolute Gasteiger partial charge is 0.507 e. The van der Waals surface area contributed by atoms with Crippen molar-refractivity contribution >= 4 is 26.9 Å². The molecule has 1 N–H and O–H groups in total. The molecule has 1 aromatic heterocycles. The lowest BCUT2D eigenvalue weighted by Gasteiger charge is -2.32. The molecule has 1 aliphatic rings. The molecule has 5 aromatic rings. The van der Waals surface area contributed by atoms with Gasteiger partial charge < -0.3 is 9.52 Å². The molecular weight excluding hydrogens is 500 g/mol. The van der Waals surface area contributed by atoms with E-state index in [0.29, 0.717) is 23.0 Å². The Hall–Kier alpha value is -3.63. The second-order valence-corrected chi connectivity index (χ2v) is 10.1. The molecule has 172 valence electrons. The Kier molecular flexibility index (Phi) is 5.54. The molecule has 0 bridgehead atoms. The zero-order valence-electron chi connectivity index (χ0n) is 18.9. The van der Waals surface area contributed by atoms with Gasteiger partial charge in [0.1, 0.15) is 11.3 Å². The molecule has 0 amide bonds. The highest BCUT2D eigenvalue weighted by atomic mass is 79.9. The summed E-state index contributed by atoms with van der Waals surface area (Å²) < 4.78 is 6.67. The Morgan fingerprint density at radius 2 is 1.46 bits per heavy atom. The normalized spacial score (nSPS) is 17.3. The molecule has 6 rings (SSSR count). The van der Waals surface area contributed by atoms with E-state index in [1.165, 1.54) is 22.3 Å². The predicted molar refractivity (Wildman–Crippen MR) is 143 cm³/mol. The van der Waals surface area contributed by atoms with Crippen LogP contribution in [0.15, 0.2) is 111 Å². The molecule has 0 spiro atoms. The van der Waals surface area contributed by atoms with E-state index in [2.05, 4.69) is 70.5 Å².